The average Bonchev–Trinajstić information content (AvgIpc) is 3.38. The Morgan fingerprint density at radius 2 is 1.56 bits per heavy atom. The van der Waals surface area contributed by atoms with E-state index in [1.807, 2.05) is 0 Å². The number of morpholine rings is 1. The Labute approximate surface area is 151 Å². The lowest BCUT2D eigenvalue weighted by molar-refractivity contribution is -0.188. The van der Waals surface area contributed by atoms with Gasteiger partial charge in [-0.3, -0.25) is 4.90 Å². The number of aliphatic hydroxyl groups is 1. The number of hydrogen-bond donors (Lipinski definition) is 1. The summed E-state index contributed by atoms with van der Waals surface area (Å²) in [6.45, 7) is 6.90. The Balaban J connectivity index is 1.30. The van der Waals surface area contributed by atoms with E-state index in [1.54, 1.807) is 0 Å². The molecule has 1 saturated carbocycles. The summed E-state index contributed by atoms with van der Waals surface area (Å²) in [5.74, 6) is 0. The van der Waals surface area contributed by atoms with Crippen LogP contribution in [-0.2, 0) is 11.2 Å². The first-order valence-electron chi connectivity index (χ1n) is 10.0. The molecular formula is C21H32N2O2. The number of benzene rings is 1. The third-order valence-electron chi connectivity index (χ3n) is 6.22. The van der Waals surface area contributed by atoms with Crippen LogP contribution in [-0.4, -0.2) is 72.0 Å². The Morgan fingerprint density at radius 3 is 2.20 bits per heavy atom. The third kappa shape index (κ3) is 4.25. The van der Waals surface area contributed by atoms with Gasteiger partial charge in [0.1, 0.15) is 0 Å². The van der Waals surface area contributed by atoms with Gasteiger partial charge in [-0.25, -0.2) is 0 Å². The minimum absolute atomic E-state index is 0.0629. The highest BCUT2D eigenvalue weighted by Gasteiger charge is 2.55. The van der Waals surface area contributed by atoms with Crippen LogP contribution >= 0.6 is 0 Å². The van der Waals surface area contributed by atoms with Crippen LogP contribution in [0.3, 0.4) is 0 Å². The van der Waals surface area contributed by atoms with Crippen LogP contribution in [0.5, 0.6) is 0 Å². The van der Waals surface area contributed by atoms with Crippen LogP contribution in [0.4, 0.5) is 0 Å². The summed E-state index contributed by atoms with van der Waals surface area (Å²) in [4.78, 5) is 5.17. The van der Waals surface area contributed by atoms with Crippen LogP contribution in [0.1, 0.15) is 37.7 Å². The van der Waals surface area contributed by atoms with E-state index in [0.717, 1.165) is 65.0 Å². The number of rotatable bonds is 6. The summed E-state index contributed by atoms with van der Waals surface area (Å²) < 4.78 is 6.70. The van der Waals surface area contributed by atoms with Gasteiger partial charge in [-0.05, 0) is 44.1 Å². The van der Waals surface area contributed by atoms with E-state index in [9.17, 15) is 0 Å². The highest BCUT2D eigenvalue weighted by molar-refractivity contribution is 5.15. The fraction of sp³-hybridized carbons (Fsp3) is 0.714. The molecule has 0 amide bonds. The zero-order chi connectivity index (χ0) is 17.2. The van der Waals surface area contributed by atoms with Crippen molar-refractivity contribution in [3.63, 3.8) is 0 Å². The summed E-state index contributed by atoms with van der Waals surface area (Å²) >= 11 is 0. The minimum atomic E-state index is 0.0629. The van der Waals surface area contributed by atoms with E-state index in [2.05, 4.69) is 40.1 Å². The molecule has 138 valence electrons. The highest BCUT2D eigenvalue weighted by atomic mass is 16.5. The van der Waals surface area contributed by atoms with Gasteiger partial charge in [0, 0.05) is 45.9 Å². The van der Waals surface area contributed by atoms with Crippen molar-refractivity contribution in [2.45, 2.75) is 49.7 Å². The van der Waals surface area contributed by atoms with Crippen molar-refractivity contribution in [1.82, 2.24) is 9.80 Å². The first-order valence-corrected chi connectivity index (χ1v) is 10.0. The van der Waals surface area contributed by atoms with Gasteiger partial charge in [-0.15, -0.1) is 0 Å². The Hall–Kier alpha value is -0.940. The molecule has 0 bridgehead atoms. The molecule has 2 aliphatic heterocycles. The fourth-order valence-electron chi connectivity index (χ4n) is 4.62. The van der Waals surface area contributed by atoms with Crippen molar-refractivity contribution in [2.24, 2.45) is 0 Å². The zero-order valence-corrected chi connectivity index (χ0v) is 15.3. The second kappa shape index (κ2) is 7.36. The van der Waals surface area contributed by atoms with Crippen LogP contribution in [0, 0.1) is 0 Å². The van der Waals surface area contributed by atoms with Crippen LogP contribution < -0.4 is 0 Å². The molecular weight excluding hydrogens is 312 g/mol. The fourth-order valence-corrected chi connectivity index (χ4v) is 4.62. The SMILES string of the molecule is OCCCN1CC2(CCN(CCc3ccccc3)CC2)OC2(CC2)C1. The van der Waals surface area contributed by atoms with E-state index < -0.39 is 0 Å². The van der Waals surface area contributed by atoms with Gasteiger partial charge >= 0.3 is 0 Å². The smallest absolute Gasteiger partial charge is 0.0841 e. The lowest BCUT2D eigenvalue weighted by atomic mass is 9.88. The number of piperidine rings is 1. The second-order valence-corrected chi connectivity index (χ2v) is 8.33. The number of likely N-dealkylation sites (tertiary alicyclic amines) is 1. The molecule has 4 nitrogen and oxygen atoms in total. The van der Waals surface area contributed by atoms with E-state index >= 15 is 0 Å². The predicted octanol–water partition coefficient (Wildman–Crippen LogP) is 2.31. The molecule has 4 rings (SSSR count). The molecule has 4 heteroatoms. The number of ether oxygens (including phenoxy) is 1. The van der Waals surface area contributed by atoms with E-state index in [-0.39, 0.29) is 11.2 Å². The Kier molecular flexibility index (Phi) is 5.14. The summed E-state index contributed by atoms with van der Waals surface area (Å²) in [5, 5.41) is 9.17. The van der Waals surface area contributed by atoms with E-state index in [0.29, 0.717) is 6.61 Å². The van der Waals surface area contributed by atoms with Gasteiger partial charge in [0.25, 0.3) is 0 Å². The van der Waals surface area contributed by atoms with Crippen LogP contribution in [0.25, 0.3) is 0 Å². The van der Waals surface area contributed by atoms with Crippen LogP contribution in [0.2, 0.25) is 0 Å². The Bertz CT molecular complexity index is 550. The number of nitrogens with zero attached hydrogens (tertiary/aromatic N) is 2. The first kappa shape index (κ1) is 17.5. The molecule has 0 atom stereocenters. The largest absolute Gasteiger partial charge is 0.396 e. The summed E-state index contributed by atoms with van der Waals surface area (Å²) in [6.07, 6.45) is 6.78. The second-order valence-electron chi connectivity index (χ2n) is 8.33. The maximum atomic E-state index is 9.17. The summed E-state index contributed by atoms with van der Waals surface area (Å²) in [6, 6.07) is 10.8. The highest BCUT2D eigenvalue weighted by Crippen LogP contribution is 2.49. The summed E-state index contributed by atoms with van der Waals surface area (Å²) in [7, 11) is 0. The van der Waals surface area contributed by atoms with Gasteiger partial charge in [0.2, 0.25) is 0 Å². The molecule has 25 heavy (non-hydrogen) atoms. The first-order chi connectivity index (χ1) is 12.2. The van der Waals surface area contributed by atoms with Gasteiger partial charge in [0.15, 0.2) is 0 Å². The summed E-state index contributed by atoms with van der Waals surface area (Å²) in [5.41, 5.74) is 1.65. The van der Waals surface area contributed by atoms with Crippen molar-refractivity contribution in [3.8, 4) is 0 Å². The molecule has 0 aromatic heterocycles. The van der Waals surface area contributed by atoms with E-state index in [4.69, 9.17) is 9.84 Å². The van der Waals surface area contributed by atoms with Gasteiger partial charge in [0.05, 0.1) is 11.2 Å². The molecule has 2 spiro atoms. The Morgan fingerprint density at radius 1 is 0.880 bits per heavy atom. The third-order valence-corrected chi connectivity index (χ3v) is 6.22. The lowest BCUT2D eigenvalue weighted by Gasteiger charge is -2.50. The average molecular weight is 344 g/mol. The van der Waals surface area contributed by atoms with E-state index in [1.165, 1.54) is 18.4 Å². The molecule has 1 aliphatic carbocycles. The van der Waals surface area contributed by atoms with Gasteiger partial charge < -0.3 is 14.7 Å². The molecule has 1 N–H and O–H groups in total. The molecule has 1 aromatic rings. The molecule has 2 heterocycles. The zero-order valence-electron chi connectivity index (χ0n) is 15.3. The molecule has 2 saturated heterocycles. The molecule has 0 radical (unpaired) electrons. The number of aliphatic hydroxyl groups excluding tert-OH is 1. The van der Waals surface area contributed by atoms with Gasteiger partial charge in [-0.2, -0.15) is 0 Å². The lowest BCUT2D eigenvalue weighted by Crippen LogP contribution is -2.60. The molecule has 3 aliphatic rings. The van der Waals surface area contributed by atoms with Crippen molar-refractivity contribution in [1.29, 1.82) is 0 Å². The van der Waals surface area contributed by atoms with Crippen molar-refractivity contribution < 1.29 is 9.84 Å². The normalized spacial score (nSPS) is 25.5. The quantitative estimate of drug-likeness (QED) is 0.859. The molecule has 0 unspecified atom stereocenters. The van der Waals surface area contributed by atoms with Crippen molar-refractivity contribution in [3.05, 3.63) is 35.9 Å². The van der Waals surface area contributed by atoms with Crippen LogP contribution in [0.15, 0.2) is 30.3 Å². The maximum Gasteiger partial charge on any atom is 0.0841 e. The molecule has 3 fully saturated rings. The van der Waals surface area contributed by atoms with Gasteiger partial charge in [-0.1, -0.05) is 30.3 Å². The predicted molar refractivity (Wildman–Crippen MR) is 99.7 cm³/mol. The topological polar surface area (TPSA) is 35.9 Å². The van der Waals surface area contributed by atoms with Crippen molar-refractivity contribution >= 4 is 0 Å². The number of hydrogen-bond acceptors (Lipinski definition) is 4. The standard InChI is InChI=1S/C21H32N2O2/c24-16-4-12-23-17-20(8-9-20)25-21(18-23)10-14-22(15-11-21)13-7-19-5-2-1-3-6-19/h1-3,5-6,24H,4,7-18H2. The monoisotopic (exact) mass is 344 g/mol. The van der Waals surface area contributed by atoms with Crippen molar-refractivity contribution in [2.75, 3.05) is 45.9 Å². The maximum absolute atomic E-state index is 9.17. The molecule has 1 aromatic carbocycles. The minimum Gasteiger partial charge on any atom is -0.396 e.